The van der Waals surface area contributed by atoms with Crippen molar-refractivity contribution >= 4 is 18.3 Å². The Labute approximate surface area is 119 Å². The fourth-order valence-corrected chi connectivity index (χ4v) is 2.75. The molecule has 0 heterocycles. The largest absolute Gasteiger partial charge is 0.416 e. The second-order valence-electron chi connectivity index (χ2n) is 6.38. The lowest BCUT2D eigenvalue weighted by atomic mass is 10.2. The molecule has 0 unspecified atom stereocenters. The van der Waals surface area contributed by atoms with E-state index in [0.29, 0.717) is 6.54 Å². The standard InChI is InChI=1S/C12H30N2O3SSi/c1-12(2,3)19(5,6)17-11-10-13-8-7-9-14-18(4,15)16/h13-14H,7-11H2,1-6H3. The second kappa shape index (κ2) is 7.73. The summed E-state index contributed by atoms with van der Waals surface area (Å²) < 4.78 is 30.1. The van der Waals surface area contributed by atoms with Crippen molar-refractivity contribution in [1.82, 2.24) is 10.0 Å². The van der Waals surface area contributed by atoms with Crippen LogP contribution in [0.15, 0.2) is 0 Å². The maximum absolute atomic E-state index is 10.8. The summed E-state index contributed by atoms with van der Waals surface area (Å²) in [5.41, 5.74) is 0. The first-order chi connectivity index (χ1) is 8.46. The van der Waals surface area contributed by atoms with Crippen molar-refractivity contribution in [1.29, 1.82) is 0 Å². The first-order valence-corrected chi connectivity index (χ1v) is 11.5. The highest BCUT2D eigenvalue weighted by molar-refractivity contribution is 7.88. The van der Waals surface area contributed by atoms with Crippen LogP contribution in [-0.4, -0.2) is 49.2 Å². The lowest BCUT2D eigenvalue weighted by molar-refractivity contribution is 0.286. The van der Waals surface area contributed by atoms with Crippen LogP contribution in [0.2, 0.25) is 18.1 Å². The van der Waals surface area contributed by atoms with E-state index in [2.05, 4.69) is 43.9 Å². The van der Waals surface area contributed by atoms with Gasteiger partial charge < -0.3 is 9.74 Å². The van der Waals surface area contributed by atoms with Crippen molar-refractivity contribution in [2.45, 2.75) is 45.3 Å². The Balaban J connectivity index is 3.57. The summed E-state index contributed by atoms with van der Waals surface area (Å²) >= 11 is 0. The molecule has 0 aromatic carbocycles. The third-order valence-corrected chi connectivity index (χ3v) is 8.71. The van der Waals surface area contributed by atoms with Crippen molar-refractivity contribution in [3.63, 3.8) is 0 Å². The first kappa shape index (κ1) is 19.0. The van der Waals surface area contributed by atoms with Crippen LogP contribution in [0.4, 0.5) is 0 Å². The summed E-state index contributed by atoms with van der Waals surface area (Å²) in [4.78, 5) is 0. The molecular formula is C12H30N2O3SSi. The Bertz CT molecular complexity index is 350. The summed E-state index contributed by atoms with van der Waals surface area (Å²) in [6.45, 7) is 14.0. The van der Waals surface area contributed by atoms with Crippen LogP contribution < -0.4 is 10.0 Å². The minimum absolute atomic E-state index is 0.242. The van der Waals surface area contributed by atoms with Gasteiger partial charge in [-0.15, -0.1) is 0 Å². The number of hydrogen-bond donors (Lipinski definition) is 2. The fourth-order valence-electron chi connectivity index (χ4n) is 1.19. The molecule has 0 aliphatic rings. The van der Waals surface area contributed by atoms with Gasteiger partial charge in [0.15, 0.2) is 8.32 Å². The highest BCUT2D eigenvalue weighted by Gasteiger charge is 2.36. The van der Waals surface area contributed by atoms with Crippen LogP contribution in [0.5, 0.6) is 0 Å². The van der Waals surface area contributed by atoms with Gasteiger partial charge in [-0.05, 0) is 31.1 Å². The van der Waals surface area contributed by atoms with Crippen LogP contribution in [0.25, 0.3) is 0 Å². The molecule has 0 aliphatic carbocycles. The predicted molar refractivity (Wildman–Crippen MR) is 83.5 cm³/mol. The van der Waals surface area contributed by atoms with E-state index in [1.54, 1.807) is 0 Å². The van der Waals surface area contributed by atoms with E-state index in [0.717, 1.165) is 26.1 Å². The van der Waals surface area contributed by atoms with Gasteiger partial charge in [-0.2, -0.15) is 0 Å². The summed E-state index contributed by atoms with van der Waals surface area (Å²) in [5.74, 6) is 0. The molecule has 0 rings (SSSR count). The summed E-state index contributed by atoms with van der Waals surface area (Å²) in [6, 6.07) is 0. The van der Waals surface area contributed by atoms with Gasteiger partial charge in [-0.1, -0.05) is 20.8 Å². The zero-order chi connectivity index (χ0) is 15.2. The highest BCUT2D eigenvalue weighted by atomic mass is 32.2. The zero-order valence-electron chi connectivity index (χ0n) is 13.2. The second-order valence-corrected chi connectivity index (χ2v) is 13.0. The summed E-state index contributed by atoms with van der Waals surface area (Å²) in [7, 11) is -4.69. The topological polar surface area (TPSA) is 67.4 Å². The van der Waals surface area contributed by atoms with Gasteiger partial charge in [-0.25, -0.2) is 13.1 Å². The Kier molecular flexibility index (Phi) is 7.75. The molecule has 116 valence electrons. The number of rotatable bonds is 9. The van der Waals surface area contributed by atoms with Gasteiger partial charge >= 0.3 is 0 Å². The minimum Gasteiger partial charge on any atom is -0.416 e. The molecule has 5 nitrogen and oxygen atoms in total. The van der Waals surface area contributed by atoms with E-state index < -0.39 is 18.3 Å². The number of hydrogen-bond acceptors (Lipinski definition) is 4. The molecule has 19 heavy (non-hydrogen) atoms. The quantitative estimate of drug-likeness (QED) is 0.501. The molecule has 0 spiro atoms. The Hall–Kier alpha value is 0.0469. The van der Waals surface area contributed by atoms with Gasteiger partial charge in [-0.3, -0.25) is 0 Å². The molecular weight excluding hydrogens is 280 g/mol. The van der Waals surface area contributed by atoms with E-state index in [1.807, 2.05) is 0 Å². The van der Waals surface area contributed by atoms with Crippen molar-refractivity contribution in [2.75, 3.05) is 32.5 Å². The normalized spacial score (nSPS) is 13.8. The van der Waals surface area contributed by atoms with Crippen LogP contribution in [0.1, 0.15) is 27.2 Å². The van der Waals surface area contributed by atoms with E-state index >= 15 is 0 Å². The molecule has 0 atom stereocenters. The maximum atomic E-state index is 10.8. The van der Waals surface area contributed by atoms with Crippen molar-refractivity contribution in [3.8, 4) is 0 Å². The number of sulfonamides is 1. The molecule has 7 heteroatoms. The minimum atomic E-state index is -3.05. The van der Waals surface area contributed by atoms with Crippen LogP contribution in [0.3, 0.4) is 0 Å². The SMILES string of the molecule is CC(C)(C)[Si](C)(C)OCCNCCCNS(C)(=O)=O. The third kappa shape index (κ3) is 9.56. The maximum Gasteiger partial charge on any atom is 0.208 e. The summed E-state index contributed by atoms with van der Waals surface area (Å²) in [6.07, 6.45) is 1.96. The number of nitrogens with one attached hydrogen (secondary N) is 2. The average molecular weight is 311 g/mol. The lowest BCUT2D eigenvalue weighted by Gasteiger charge is -2.36. The molecule has 0 aromatic heterocycles. The molecule has 0 bridgehead atoms. The molecule has 0 saturated heterocycles. The van der Waals surface area contributed by atoms with Gasteiger partial charge in [0.1, 0.15) is 0 Å². The van der Waals surface area contributed by atoms with Crippen LogP contribution >= 0.6 is 0 Å². The van der Waals surface area contributed by atoms with Crippen molar-refractivity contribution in [2.24, 2.45) is 0 Å². The van der Waals surface area contributed by atoms with E-state index in [1.165, 1.54) is 6.26 Å². The Morgan fingerprint density at radius 2 is 1.68 bits per heavy atom. The average Bonchev–Trinajstić information content (AvgIpc) is 2.18. The smallest absolute Gasteiger partial charge is 0.208 e. The highest BCUT2D eigenvalue weighted by Crippen LogP contribution is 2.36. The van der Waals surface area contributed by atoms with Crippen LogP contribution in [-0.2, 0) is 14.4 Å². The Morgan fingerprint density at radius 3 is 2.16 bits per heavy atom. The fraction of sp³-hybridized carbons (Fsp3) is 1.00. The van der Waals surface area contributed by atoms with E-state index in [9.17, 15) is 8.42 Å². The molecule has 0 fully saturated rings. The van der Waals surface area contributed by atoms with Crippen molar-refractivity contribution in [3.05, 3.63) is 0 Å². The third-order valence-electron chi connectivity index (χ3n) is 3.44. The van der Waals surface area contributed by atoms with E-state index in [-0.39, 0.29) is 5.04 Å². The predicted octanol–water partition coefficient (Wildman–Crippen LogP) is 1.54. The molecule has 2 N–H and O–H groups in total. The molecule has 0 aromatic rings. The van der Waals surface area contributed by atoms with Gasteiger partial charge in [0, 0.05) is 19.7 Å². The summed E-state index contributed by atoms with van der Waals surface area (Å²) in [5, 5.41) is 3.50. The van der Waals surface area contributed by atoms with Gasteiger partial charge in [0.2, 0.25) is 10.0 Å². The Morgan fingerprint density at radius 1 is 1.11 bits per heavy atom. The first-order valence-electron chi connectivity index (χ1n) is 6.75. The zero-order valence-corrected chi connectivity index (χ0v) is 15.0. The molecule has 0 aliphatic heterocycles. The van der Waals surface area contributed by atoms with E-state index in [4.69, 9.17) is 4.43 Å². The van der Waals surface area contributed by atoms with Gasteiger partial charge in [0.25, 0.3) is 0 Å². The molecule has 0 saturated carbocycles. The van der Waals surface area contributed by atoms with Gasteiger partial charge in [0.05, 0.1) is 6.26 Å². The van der Waals surface area contributed by atoms with Crippen LogP contribution in [0, 0.1) is 0 Å². The molecule has 0 radical (unpaired) electrons. The monoisotopic (exact) mass is 310 g/mol. The molecule has 0 amide bonds. The van der Waals surface area contributed by atoms with Crippen molar-refractivity contribution < 1.29 is 12.8 Å². The lowest BCUT2D eigenvalue weighted by Crippen LogP contribution is -2.42.